The lowest BCUT2D eigenvalue weighted by Gasteiger charge is -2.19. The predicted molar refractivity (Wildman–Crippen MR) is 108 cm³/mol. The van der Waals surface area contributed by atoms with Crippen LogP contribution < -0.4 is 11.1 Å². The number of carbonyl (C=O) groups excluding carboxylic acids is 1. The first kappa shape index (κ1) is 20.2. The summed E-state index contributed by atoms with van der Waals surface area (Å²) in [5.41, 5.74) is 8.76. The van der Waals surface area contributed by atoms with Crippen molar-refractivity contribution in [3.8, 4) is 11.3 Å². The Bertz CT molecular complexity index is 707. The topological polar surface area (TPSA) is 77.2 Å². The molecule has 0 saturated heterocycles. The van der Waals surface area contributed by atoms with Crippen LogP contribution in [-0.4, -0.2) is 23.2 Å². The molecule has 0 saturated carbocycles. The smallest absolute Gasteiger partial charge is 0.407 e. The second-order valence-electron chi connectivity index (χ2n) is 7.32. The third kappa shape index (κ3) is 7.04. The molecule has 2 aromatic rings. The quantitative estimate of drug-likeness (QED) is 0.635. The Morgan fingerprint density at radius 2 is 1.92 bits per heavy atom. The number of nitrogens with zero attached hydrogens (tertiary/aromatic N) is 1. The highest BCUT2D eigenvalue weighted by Gasteiger charge is 2.15. The van der Waals surface area contributed by atoms with Crippen molar-refractivity contribution in [3.05, 3.63) is 35.2 Å². The van der Waals surface area contributed by atoms with Crippen molar-refractivity contribution in [3.63, 3.8) is 0 Å². The summed E-state index contributed by atoms with van der Waals surface area (Å²) in [6.45, 7) is 6.25. The SMILES string of the molecule is CC(C)(C)OC(=O)NCCCCCCc1ccccc1-c1csc(N)n1. The number of anilines is 1. The molecule has 5 nitrogen and oxygen atoms in total. The second-order valence-corrected chi connectivity index (χ2v) is 8.21. The highest BCUT2D eigenvalue weighted by atomic mass is 32.1. The summed E-state index contributed by atoms with van der Waals surface area (Å²) in [6, 6.07) is 8.37. The molecule has 3 N–H and O–H groups in total. The molecule has 0 aliphatic carbocycles. The maximum atomic E-state index is 11.6. The summed E-state index contributed by atoms with van der Waals surface area (Å²) in [5.74, 6) is 0. The number of unbranched alkanes of at least 4 members (excludes halogenated alkanes) is 3. The van der Waals surface area contributed by atoms with E-state index < -0.39 is 5.60 Å². The number of ether oxygens (including phenoxy) is 1. The molecule has 0 unspecified atom stereocenters. The molecule has 2 rings (SSSR count). The number of aryl methyl sites for hydroxylation is 1. The van der Waals surface area contributed by atoms with Gasteiger partial charge in [0.15, 0.2) is 5.13 Å². The molecule has 1 amide bonds. The van der Waals surface area contributed by atoms with E-state index >= 15 is 0 Å². The number of rotatable bonds is 8. The van der Waals surface area contributed by atoms with Crippen LogP contribution in [0.2, 0.25) is 0 Å². The number of amides is 1. The van der Waals surface area contributed by atoms with Crippen molar-refractivity contribution < 1.29 is 9.53 Å². The van der Waals surface area contributed by atoms with Gasteiger partial charge >= 0.3 is 6.09 Å². The zero-order valence-electron chi connectivity index (χ0n) is 15.9. The van der Waals surface area contributed by atoms with Gasteiger partial charge in [-0.2, -0.15) is 0 Å². The Kier molecular flexibility index (Phi) is 7.45. The molecule has 1 aromatic heterocycles. The summed E-state index contributed by atoms with van der Waals surface area (Å²) >= 11 is 1.47. The lowest BCUT2D eigenvalue weighted by Crippen LogP contribution is -2.32. The monoisotopic (exact) mass is 375 g/mol. The van der Waals surface area contributed by atoms with E-state index in [1.165, 1.54) is 22.5 Å². The van der Waals surface area contributed by atoms with E-state index in [0.717, 1.165) is 37.8 Å². The number of hydrogen-bond acceptors (Lipinski definition) is 5. The molecule has 6 heteroatoms. The van der Waals surface area contributed by atoms with Crippen LogP contribution in [0.5, 0.6) is 0 Å². The highest BCUT2D eigenvalue weighted by molar-refractivity contribution is 7.13. The highest BCUT2D eigenvalue weighted by Crippen LogP contribution is 2.27. The van der Waals surface area contributed by atoms with Crippen molar-refractivity contribution in [1.29, 1.82) is 0 Å². The van der Waals surface area contributed by atoms with E-state index in [-0.39, 0.29) is 6.09 Å². The normalized spacial score (nSPS) is 11.3. The average Bonchev–Trinajstić information content (AvgIpc) is 2.99. The van der Waals surface area contributed by atoms with E-state index in [1.54, 1.807) is 0 Å². The molecule has 142 valence electrons. The fourth-order valence-electron chi connectivity index (χ4n) is 2.70. The minimum Gasteiger partial charge on any atom is -0.444 e. The number of carbonyl (C=O) groups is 1. The number of aromatic nitrogens is 1. The van der Waals surface area contributed by atoms with E-state index in [9.17, 15) is 4.79 Å². The molecule has 0 atom stereocenters. The molecule has 0 spiro atoms. The zero-order chi connectivity index (χ0) is 19.0. The van der Waals surface area contributed by atoms with E-state index in [0.29, 0.717) is 11.7 Å². The van der Waals surface area contributed by atoms with Crippen LogP contribution in [0.4, 0.5) is 9.93 Å². The lowest BCUT2D eigenvalue weighted by atomic mass is 9.99. The van der Waals surface area contributed by atoms with Gasteiger partial charge in [0.1, 0.15) is 5.60 Å². The number of nitrogen functional groups attached to an aromatic ring is 1. The Hall–Kier alpha value is -2.08. The maximum absolute atomic E-state index is 11.6. The average molecular weight is 376 g/mol. The van der Waals surface area contributed by atoms with Crippen LogP contribution in [0.25, 0.3) is 11.3 Å². The van der Waals surface area contributed by atoms with Crippen molar-refractivity contribution in [2.45, 2.75) is 58.5 Å². The van der Waals surface area contributed by atoms with Crippen molar-refractivity contribution in [2.75, 3.05) is 12.3 Å². The molecular formula is C20H29N3O2S. The fraction of sp³-hybridized carbons (Fsp3) is 0.500. The minimum absolute atomic E-state index is 0.339. The first-order chi connectivity index (χ1) is 12.3. The largest absolute Gasteiger partial charge is 0.444 e. The number of nitrogens with one attached hydrogen (secondary N) is 1. The van der Waals surface area contributed by atoms with Crippen molar-refractivity contribution in [2.24, 2.45) is 0 Å². The Morgan fingerprint density at radius 3 is 2.62 bits per heavy atom. The van der Waals surface area contributed by atoms with Gasteiger partial charge in [-0.05, 0) is 45.6 Å². The third-order valence-electron chi connectivity index (χ3n) is 3.86. The molecule has 0 radical (unpaired) electrons. The minimum atomic E-state index is -0.445. The van der Waals surface area contributed by atoms with Crippen LogP contribution in [0.15, 0.2) is 29.6 Å². The maximum Gasteiger partial charge on any atom is 0.407 e. The standard InChI is InChI=1S/C20H29N3O2S/c1-20(2,3)25-19(24)22-13-9-5-4-6-10-15-11-7-8-12-16(15)17-14-26-18(21)23-17/h7-8,11-12,14H,4-6,9-10,13H2,1-3H3,(H2,21,23)(H,22,24). The molecule has 0 fully saturated rings. The van der Waals surface area contributed by atoms with Gasteiger partial charge < -0.3 is 15.8 Å². The van der Waals surface area contributed by atoms with Gasteiger partial charge in [0.05, 0.1) is 5.69 Å². The molecule has 0 aliphatic rings. The van der Waals surface area contributed by atoms with Gasteiger partial charge in [0.25, 0.3) is 0 Å². The third-order valence-corrected chi connectivity index (χ3v) is 4.53. The van der Waals surface area contributed by atoms with Gasteiger partial charge in [-0.15, -0.1) is 11.3 Å². The zero-order valence-corrected chi connectivity index (χ0v) is 16.7. The van der Waals surface area contributed by atoms with Crippen LogP contribution in [0.3, 0.4) is 0 Å². The molecule has 0 bridgehead atoms. The summed E-state index contributed by atoms with van der Waals surface area (Å²) in [5, 5.41) is 5.42. The Morgan fingerprint density at radius 1 is 1.19 bits per heavy atom. The fourth-order valence-corrected chi connectivity index (χ4v) is 3.26. The summed E-state index contributed by atoms with van der Waals surface area (Å²) in [6.07, 6.45) is 4.97. The number of benzene rings is 1. The number of hydrogen-bond donors (Lipinski definition) is 2. The number of thiazole rings is 1. The van der Waals surface area contributed by atoms with Gasteiger partial charge in [-0.25, -0.2) is 9.78 Å². The summed E-state index contributed by atoms with van der Waals surface area (Å²) in [7, 11) is 0. The summed E-state index contributed by atoms with van der Waals surface area (Å²) < 4.78 is 5.22. The predicted octanol–water partition coefficient (Wildman–Crippen LogP) is 5.02. The summed E-state index contributed by atoms with van der Waals surface area (Å²) in [4.78, 5) is 16.0. The van der Waals surface area contributed by atoms with Crippen LogP contribution >= 0.6 is 11.3 Å². The molecule has 1 aromatic carbocycles. The molecule has 26 heavy (non-hydrogen) atoms. The number of alkyl carbamates (subject to hydrolysis) is 1. The van der Waals surface area contributed by atoms with E-state index in [4.69, 9.17) is 10.5 Å². The van der Waals surface area contributed by atoms with Gasteiger partial charge in [-0.3, -0.25) is 0 Å². The lowest BCUT2D eigenvalue weighted by molar-refractivity contribution is 0.0527. The van der Waals surface area contributed by atoms with Gasteiger partial charge in [0, 0.05) is 17.5 Å². The first-order valence-corrected chi connectivity index (χ1v) is 9.99. The molecule has 1 heterocycles. The Labute approximate surface area is 160 Å². The molecular weight excluding hydrogens is 346 g/mol. The Balaban J connectivity index is 1.67. The van der Waals surface area contributed by atoms with Crippen molar-refractivity contribution in [1.82, 2.24) is 10.3 Å². The second kappa shape index (κ2) is 9.57. The van der Waals surface area contributed by atoms with Crippen LogP contribution in [0.1, 0.15) is 52.0 Å². The van der Waals surface area contributed by atoms with E-state index in [1.807, 2.05) is 32.2 Å². The first-order valence-electron chi connectivity index (χ1n) is 9.11. The van der Waals surface area contributed by atoms with Gasteiger partial charge in [-0.1, -0.05) is 37.1 Å². The van der Waals surface area contributed by atoms with Crippen molar-refractivity contribution >= 4 is 22.6 Å². The van der Waals surface area contributed by atoms with E-state index in [2.05, 4.69) is 28.5 Å². The molecule has 0 aliphatic heterocycles. The number of nitrogens with two attached hydrogens (primary N) is 1. The van der Waals surface area contributed by atoms with Crippen LogP contribution in [-0.2, 0) is 11.2 Å². The van der Waals surface area contributed by atoms with Gasteiger partial charge in [0.2, 0.25) is 0 Å². The van der Waals surface area contributed by atoms with Crippen LogP contribution in [0, 0.1) is 0 Å².